The largest absolute Gasteiger partial charge is 0.0691 e. The van der Waals surface area contributed by atoms with Crippen LogP contribution in [0, 0.1) is 17.4 Å². The van der Waals surface area contributed by atoms with Crippen LogP contribution in [0.5, 0.6) is 0 Å². The Balaban J connectivity index is 1.90. The van der Waals surface area contributed by atoms with E-state index in [4.69, 9.17) is 0 Å². The molecule has 0 N–H and O–H groups in total. The fraction of sp³-hybridized carbons (Fsp3) is 0.304. The summed E-state index contributed by atoms with van der Waals surface area (Å²) >= 11 is 0. The first-order chi connectivity index (χ1) is 11.0. The van der Waals surface area contributed by atoms with E-state index < -0.39 is 0 Å². The molecule has 6 rings (SSSR count). The molecule has 0 heterocycles. The van der Waals surface area contributed by atoms with Crippen LogP contribution in [0.25, 0.3) is 11.1 Å². The smallest absolute Gasteiger partial charge is 0.0619 e. The molecule has 0 saturated heterocycles. The first-order valence-corrected chi connectivity index (χ1v) is 8.56. The molecule has 0 heteroatoms. The number of benzene rings is 2. The van der Waals surface area contributed by atoms with Crippen molar-refractivity contribution in [3.63, 3.8) is 0 Å². The van der Waals surface area contributed by atoms with Crippen LogP contribution in [0.1, 0.15) is 38.8 Å². The third-order valence-corrected chi connectivity index (χ3v) is 5.79. The van der Waals surface area contributed by atoms with Gasteiger partial charge in [-0.05, 0) is 50.5 Å². The van der Waals surface area contributed by atoms with Gasteiger partial charge in [0.2, 0.25) is 0 Å². The van der Waals surface area contributed by atoms with Crippen molar-refractivity contribution in [2.24, 2.45) is 11.3 Å². The van der Waals surface area contributed by atoms with Crippen molar-refractivity contribution in [2.75, 3.05) is 0 Å². The highest BCUT2D eigenvalue weighted by Crippen LogP contribution is 2.71. The highest BCUT2D eigenvalue weighted by atomic mass is 14.6. The minimum absolute atomic E-state index is 0.00475. The molecule has 0 saturated carbocycles. The summed E-state index contributed by atoms with van der Waals surface area (Å²) in [5.74, 6) is 0.429. The summed E-state index contributed by atoms with van der Waals surface area (Å²) in [5.41, 5.74) is 10.5. The molecule has 4 aliphatic rings. The monoisotopic (exact) mass is 297 g/mol. The summed E-state index contributed by atoms with van der Waals surface area (Å²) in [6.07, 6.45) is 3.80. The molecule has 4 aliphatic carbocycles. The number of fused-ring (bicyclic) bond motifs is 4. The molecule has 0 fully saturated rings. The first kappa shape index (κ1) is 13.4. The van der Waals surface area contributed by atoms with Crippen LogP contribution in [-0.2, 0) is 5.41 Å². The van der Waals surface area contributed by atoms with Gasteiger partial charge in [0.05, 0.1) is 5.41 Å². The molecule has 0 aliphatic heterocycles. The Morgan fingerprint density at radius 3 is 1.83 bits per heavy atom. The SMILES string of the molecule is CC1[C]=C2C(C(C)(C)C)=C1C21c2ccccc2-c2ccccc21. The molecule has 2 aromatic rings. The Morgan fingerprint density at radius 1 is 0.870 bits per heavy atom. The maximum absolute atomic E-state index is 3.80. The second kappa shape index (κ2) is 3.87. The van der Waals surface area contributed by atoms with E-state index in [1.165, 1.54) is 27.8 Å². The second-order valence-corrected chi connectivity index (χ2v) is 8.12. The fourth-order valence-corrected chi connectivity index (χ4v) is 5.17. The summed E-state index contributed by atoms with van der Waals surface area (Å²) < 4.78 is 0. The third-order valence-electron chi connectivity index (χ3n) is 5.79. The Kier molecular flexibility index (Phi) is 2.25. The lowest BCUT2D eigenvalue weighted by molar-refractivity contribution is 0.451. The zero-order chi connectivity index (χ0) is 16.0. The molecule has 1 atom stereocenters. The lowest BCUT2D eigenvalue weighted by Crippen LogP contribution is -2.41. The topological polar surface area (TPSA) is 0 Å². The molecule has 1 spiro atoms. The number of rotatable bonds is 0. The summed E-state index contributed by atoms with van der Waals surface area (Å²) in [5, 5.41) is 0. The average Bonchev–Trinajstić information content (AvgIpc) is 3.11. The Labute approximate surface area is 138 Å². The molecule has 0 amide bonds. The minimum atomic E-state index is -0.00475. The van der Waals surface area contributed by atoms with Crippen LogP contribution in [0.15, 0.2) is 65.3 Å². The highest BCUT2D eigenvalue weighted by Gasteiger charge is 2.62. The van der Waals surface area contributed by atoms with E-state index in [-0.39, 0.29) is 10.8 Å². The Morgan fingerprint density at radius 2 is 1.39 bits per heavy atom. The molecule has 0 nitrogen and oxygen atoms in total. The molecule has 113 valence electrons. The average molecular weight is 297 g/mol. The van der Waals surface area contributed by atoms with Gasteiger partial charge in [-0.3, -0.25) is 0 Å². The van der Waals surface area contributed by atoms with E-state index >= 15 is 0 Å². The third kappa shape index (κ3) is 1.31. The zero-order valence-electron chi connectivity index (χ0n) is 14.2. The summed E-state index contributed by atoms with van der Waals surface area (Å²) in [4.78, 5) is 0. The van der Waals surface area contributed by atoms with E-state index in [0.29, 0.717) is 5.92 Å². The van der Waals surface area contributed by atoms with Crippen LogP contribution in [-0.4, -0.2) is 0 Å². The van der Waals surface area contributed by atoms with Crippen molar-refractivity contribution in [1.82, 2.24) is 0 Å². The first-order valence-electron chi connectivity index (χ1n) is 8.56. The van der Waals surface area contributed by atoms with Gasteiger partial charge in [-0.25, -0.2) is 0 Å². The van der Waals surface area contributed by atoms with Gasteiger partial charge in [-0.1, -0.05) is 76.2 Å². The second-order valence-electron chi connectivity index (χ2n) is 8.12. The molecule has 23 heavy (non-hydrogen) atoms. The van der Waals surface area contributed by atoms with Gasteiger partial charge >= 0.3 is 0 Å². The molecule has 0 aromatic heterocycles. The van der Waals surface area contributed by atoms with E-state index in [1.807, 2.05) is 0 Å². The minimum Gasteiger partial charge on any atom is -0.0619 e. The molecular formula is C23H21. The summed E-state index contributed by atoms with van der Waals surface area (Å²) in [6.45, 7) is 9.32. The van der Waals surface area contributed by atoms with Crippen molar-refractivity contribution in [3.8, 4) is 11.1 Å². The maximum Gasteiger partial charge on any atom is 0.0691 e. The van der Waals surface area contributed by atoms with Crippen LogP contribution in [0.2, 0.25) is 0 Å². The molecule has 2 bridgehead atoms. The molecule has 1 radical (unpaired) electrons. The molecular weight excluding hydrogens is 276 g/mol. The van der Waals surface area contributed by atoms with Crippen molar-refractivity contribution < 1.29 is 0 Å². The lowest BCUT2D eigenvalue weighted by atomic mass is 9.53. The van der Waals surface area contributed by atoms with E-state index in [1.54, 1.807) is 11.1 Å². The van der Waals surface area contributed by atoms with Crippen molar-refractivity contribution in [2.45, 2.75) is 33.1 Å². The lowest BCUT2D eigenvalue weighted by Gasteiger charge is -2.48. The van der Waals surface area contributed by atoms with Gasteiger partial charge in [-0.15, -0.1) is 0 Å². The van der Waals surface area contributed by atoms with Gasteiger partial charge < -0.3 is 0 Å². The molecule has 2 aromatic carbocycles. The Hall–Kier alpha value is -2.08. The van der Waals surface area contributed by atoms with Gasteiger partial charge in [0.15, 0.2) is 0 Å². The van der Waals surface area contributed by atoms with E-state index in [2.05, 4.69) is 82.3 Å². The maximum atomic E-state index is 3.80. The van der Waals surface area contributed by atoms with Gasteiger partial charge in [0.1, 0.15) is 0 Å². The van der Waals surface area contributed by atoms with Crippen LogP contribution in [0.4, 0.5) is 0 Å². The summed E-state index contributed by atoms with van der Waals surface area (Å²) in [7, 11) is 0. The standard InChI is InChI=1S/C23H21/c1-14-13-19-21(22(2,3)4)20(14)23(19)17-11-7-5-9-15(17)16-10-6-8-12-18(16)23/h5-12,14H,1-4H3. The normalized spacial score (nSPS) is 22.8. The van der Waals surface area contributed by atoms with E-state index in [9.17, 15) is 0 Å². The fourth-order valence-electron chi connectivity index (χ4n) is 5.17. The van der Waals surface area contributed by atoms with Gasteiger partial charge in [-0.2, -0.15) is 0 Å². The van der Waals surface area contributed by atoms with Crippen molar-refractivity contribution in [3.05, 3.63) is 82.5 Å². The predicted octanol–water partition coefficient (Wildman–Crippen LogP) is 5.69. The highest BCUT2D eigenvalue weighted by molar-refractivity contribution is 5.92. The van der Waals surface area contributed by atoms with Crippen LogP contribution < -0.4 is 0 Å². The summed E-state index contributed by atoms with van der Waals surface area (Å²) in [6, 6.07) is 17.9. The van der Waals surface area contributed by atoms with Crippen molar-refractivity contribution >= 4 is 0 Å². The quantitative estimate of drug-likeness (QED) is 0.586. The number of allylic oxidation sites excluding steroid dienone is 4. The van der Waals surface area contributed by atoms with Crippen LogP contribution in [0.3, 0.4) is 0 Å². The van der Waals surface area contributed by atoms with Gasteiger partial charge in [0.25, 0.3) is 0 Å². The predicted molar refractivity (Wildman–Crippen MR) is 95.1 cm³/mol. The Bertz CT molecular complexity index is 870. The number of hydrogen-bond donors (Lipinski definition) is 0. The van der Waals surface area contributed by atoms with E-state index in [0.717, 1.165) is 0 Å². The molecule has 1 unspecified atom stereocenters. The van der Waals surface area contributed by atoms with Gasteiger partial charge in [0, 0.05) is 5.92 Å². The van der Waals surface area contributed by atoms with Crippen molar-refractivity contribution in [1.29, 1.82) is 0 Å². The zero-order valence-corrected chi connectivity index (χ0v) is 14.2. The van der Waals surface area contributed by atoms with Crippen LogP contribution >= 0.6 is 0 Å². The number of hydrogen-bond acceptors (Lipinski definition) is 0.